The van der Waals surface area contributed by atoms with Gasteiger partial charge >= 0.3 is 0 Å². The molecule has 0 aliphatic heterocycles. The number of rotatable bonds is 8. The first kappa shape index (κ1) is 16.6. The zero-order chi connectivity index (χ0) is 14.0. The summed E-state index contributed by atoms with van der Waals surface area (Å²) in [7, 11) is 0. The number of nitrogens with two attached hydrogens (primary N) is 1. The monoisotopic (exact) mass is 249 g/mol. The van der Waals surface area contributed by atoms with E-state index in [4.69, 9.17) is 5.73 Å². The Labute approximate surface area is 112 Å². The molecule has 1 unspecified atom stereocenters. The number of nitrogens with one attached hydrogen (secondary N) is 1. The summed E-state index contributed by atoms with van der Waals surface area (Å²) < 4.78 is 0. The fraction of sp³-hybridized carbons (Fsp3) is 0.533. The normalized spacial score (nSPS) is 16.2. The molecule has 0 amide bonds. The summed E-state index contributed by atoms with van der Waals surface area (Å²) in [6.45, 7) is 12.8. The van der Waals surface area contributed by atoms with E-state index < -0.39 is 0 Å². The van der Waals surface area contributed by atoms with Gasteiger partial charge in [-0.1, -0.05) is 37.3 Å². The predicted molar refractivity (Wildman–Crippen MR) is 81.6 cm³/mol. The van der Waals surface area contributed by atoms with Gasteiger partial charge < -0.3 is 11.1 Å². The molecule has 0 aromatic heterocycles. The highest BCUT2D eigenvalue weighted by atomic mass is 15.0. The fourth-order valence-electron chi connectivity index (χ4n) is 1.11. The van der Waals surface area contributed by atoms with Crippen molar-refractivity contribution < 1.29 is 0 Å². The van der Waals surface area contributed by atoms with Gasteiger partial charge in [0.15, 0.2) is 0 Å². The lowest BCUT2D eigenvalue weighted by molar-refractivity contribution is 0.621. The van der Waals surface area contributed by atoms with Crippen molar-refractivity contribution in [2.75, 3.05) is 6.54 Å². The van der Waals surface area contributed by atoms with Crippen LogP contribution in [-0.2, 0) is 0 Å². The molecule has 0 saturated heterocycles. The van der Waals surface area contributed by atoms with Crippen LogP contribution >= 0.6 is 0 Å². The molecule has 0 heterocycles. The van der Waals surface area contributed by atoms with Crippen LogP contribution in [0.3, 0.4) is 0 Å². The molecule has 0 fully saturated rings. The molecule has 0 saturated carbocycles. The van der Waals surface area contributed by atoms with Crippen LogP contribution in [0.1, 0.15) is 34.1 Å². The van der Waals surface area contributed by atoms with Crippen molar-refractivity contribution in [3.63, 3.8) is 0 Å². The van der Waals surface area contributed by atoms with Crippen molar-refractivity contribution in [2.24, 2.45) is 16.6 Å². The summed E-state index contributed by atoms with van der Waals surface area (Å²) in [5, 5.41) is 3.18. The summed E-state index contributed by atoms with van der Waals surface area (Å²) in [6, 6.07) is 0.115. The third-order valence-electron chi connectivity index (χ3n) is 2.70. The number of aliphatic imine (C=N–C) groups is 1. The Hall–Kier alpha value is -1.35. The lowest BCUT2D eigenvalue weighted by atomic mass is 10.1. The summed E-state index contributed by atoms with van der Waals surface area (Å²) >= 11 is 0. The molecule has 0 aliphatic carbocycles. The van der Waals surface area contributed by atoms with Crippen molar-refractivity contribution in [3.05, 3.63) is 36.2 Å². The third kappa shape index (κ3) is 8.76. The van der Waals surface area contributed by atoms with Crippen LogP contribution in [0.2, 0.25) is 0 Å². The molecule has 3 N–H and O–H groups in total. The predicted octanol–water partition coefficient (Wildman–Crippen LogP) is 3.01. The van der Waals surface area contributed by atoms with Gasteiger partial charge in [0.05, 0.1) is 0 Å². The first-order chi connectivity index (χ1) is 8.47. The van der Waals surface area contributed by atoms with E-state index in [0.717, 1.165) is 13.0 Å². The number of hydrogen-bond acceptors (Lipinski definition) is 3. The van der Waals surface area contributed by atoms with Crippen LogP contribution in [-0.4, -0.2) is 18.8 Å². The fourth-order valence-corrected chi connectivity index (χ4v) is 1.11. The zero-order valence-corrected chi connectivity index (χ0v) is 12.1. The molecule has 3 nitrogen and oxygen atoms in total. The smallest absolute Gasteiger partial charge is 0.118 e. The molecule has 0 aromatic carbocycles. The molecular formula is C15H27N3. The maximum absolute atomic E-state index is 5.76. The summed E-state index contributed by atoms with van der Waals surface area (Å²) in [6.07, 6.45) is 9.19. The lowest BCUT2D eigenvalue weighted by Crippen LogP contribution is -2.25. The first-order valence-corrected chi connectivity index (χ1v) is 6.46. The highest BCUT2D eigenvalue weighted by molar-refractivity contribution is 5.62. The molecule has 0 rings (SSSR count). The van der Waals surface area contributed by atoms with E-state index in [1.54, 1.807) is 0 Å². The Morgan fingerprint density at radius 3 is 2.67 bits per heavy atom. The second kappa shape index (κ2) is 9.66. The van der Waals surface area contributed by atoms with Gasteiger partial charge in [0, 0.05) is 24.7 Å². The minimum atomic E-state index is 0.115. The lowest BCUT2D eigenvalue weighted by Gasteiger charge is -2.10. The molecule has 0 spiro atoms. The number of hydrogen-bond donors (Lipinski definition) is 2. The quantitative estimate of drug-likeness (QED) is 0.513. The van der Waals surface area contributed by atoms with E-state index in [0.29, 0.717) is 5.82 Å². The van der Waals surface area contributed by atoms with E-state index in [1.807, 2.05) is 27.0 Å². The van der Waals surface area contributed by atoms with Crippen molar-refractivity contribution in [1.82, 2.24) is 5.32 Å². The average Bonchev–Trinajstić information content (AvgIpc) is 2.33. The van der Waals surface area contributed by atoms with Gasteiger partial charge in [-0.15, -0.1) is 0 Å². The van der Waals surface area contributed by atoms with Gasteiger partial charge in [0.2, 0.25) is 0 Å². The molecular weight excluding hydrogens is 222 g/mol. The van der Waals surface area contributed by atoms with Crippen molar-refractivity contribution in [1.29, 1.82) is 0 Å². The van der Waals surface area contributed by atoms with Crippen molar-refractivity contribution >= 4 is 6.21 Å². The van der Waals surface area contributed by atoms with Crippen LogP contribution in [0.15, 0.2) is 41.2 Å². The summed E-state index contributed by atoms with van der Waals surface area (Å²) in [5.74, 6) is 0.941. The number of nitrogens with zero attached hydrogens (tertiary/aromatic N) is 1. The summed E-state index contributed by atoms with van der Waals surface area (Å²) in [4.78, 5) is 4.26. The standard InChI is InChI=1S/C15H27N3/c1-6-7-8-9-12(2)10-17-15(5)18-11-13(3)14(4)16/h6-7,9,11,13-14,17H,5,8,10,16H2,1-4H3/b7-6-,12-9+,18-11?/t13?,14-/m1/s1. The Balaban J connectivity index is 4.00. The molecule has 2 atom stereocenters. The highest BCUT2D eigenvalue weighted by Crippen LogP contribution is 1.99. The Bertz CT molecular complexity index is 325. The van der Waals surface area contributed by atoms with Gasteiger partial charge in [-0.25, -0.2) is 4.99 Å². The maximum Gasteiger partial charge on any atom is 0.118 e. The molecule has 18 heavy (non-hydrogen) atoms. The van der Waals surface area contributed by atoms with E-state index in [-0.39, 0.29) is 12.0 Å². The third-order valence-corrected chi connectivity index (χ3v) is 2.70. The first-order valence-electron chi connectivity index (χ1n) is 6.46. The second-order valence-electron chi connectivity index (χ2n) is 4.65. The molecule has 102 valence electrons. The van der Waals surface area contributed by atoms with Crippen molar-refractivity contribution in [3.8, 4) is 0 Å². The van der Waals surface area contributed by atoms with E-state index >= 15 is 0 Å². The van der Waals surface area contributed by atoms with E-state index in [2.05, 4.69) is 42.0 Å². The van der Waals surface area contributed by atoms with Gasteiger partial charge in [0.25, 0.3) is 0 Å². The molecule has 3 heteroatoms. The highest BCUT2D eigenvalue weighted by Gasteiger charge is 2.02. The Morgan fingerprint density at radius 1 is 1.44 bits per heavy atom. The molecule has 0 aromatic rings. The molecule has 0 aliphatic rings. The largest absolute Gasteiger partial charge is 0.367 e. The SMILES string of the molecule is C=C(N=CC(C)[C@@H](C)N)NC/C(C)=C/C/C=C\C. The van der Waals surface area contributed by atoms with Gasteiger partial charge in [-0.05, 0) is 27.2 Å². The Kier molecular flexibility index (Phi) is 8.93. The average molecular weight is 249 g/mol. The second-order valence-corrected chi connectivity index (χ2v) is 4.65. The van der Waals surface area contributed by atoms with Crippen molar-refractivity contribution in [2.45, 2.75) is 40.2 Å². The van der Waals surface area contributed by atoms with Crippen LogP contribution in [0.4, 0.5) is 0 Å². The van der Waals surface area contributed by atoms with E-state index in [9.17, 15) is 0 Å². The van der Waals surface area contributed by atoms with Crippen LogP contribution in [0.25, 0.3) is 0 Å². The van der Waals surface area contributed by atoms with Gasteiger partial charge in [0.1, 0.15) is 5.82 Å². The number of allylic oxidation sites excluding steroid dienone is 3. The topological polar surface area (TPSA) is 50.4 Å². The van der Waals surface area contributed by atoms with E-state index in [1.165, 1.54) is 5.57 Å². The van der Waals surface area contributed by atoms with Gasteiger partial charge in [-0.3, -0.25) is 0 Å². The minimum absolute atomic E-state index is 0.115. The Morgan fingerprint density at radius 2 is 2.11 bits per heavy atom. The minimum Gasteiger partial charge on any atom is -0.367 e. The maximum atomic E-state index is 5.76. The van der Waals surface area contributed by atoms with Crippen LogP contribution in [0, 0.1) is 5.92 Å². The van der Waals surface area contributed by atoms with Crippen LogP contribution in [0.5, 0.6) is 0 Å². The zero-order valence-electron chi connectivity index (χ0n) is 12.1. The summed E-state index contributed by atoms with van der Waals surface area (Å²) in [5.41, 5.74) is 7.04. The van der Waals surface area contributed by atoms with Gasteiger partial charge in [-0.2, -0.15) is 0 Å². The van der Waals surface area contributed by atoms with Crippen LogP contribution < -0.4 is 11.1 Å². The molecule has 0 radical (unpaired) electrons. The molecule has 0 bridgehead atoms.